The van der Waals surface area contributed by atoms with Crippen molar-refractivity contribution in [1.82, 2.24) is 0 Å². The van der Waals surface area contributed by atoms with Crippen LogP contribution < -0.4 is 0 Å². The first-order valence-corrected chi connectivity index (χ1v) is 4.57. The van der Waals surface area contributed by atoms with Crippen molar-refractivity contribution < 1.29 is 13.6 Å². The molecule has 0 bridgehead atoms. The molecule has 0 N–H and O–H groups in total. The second-order valence-corrected chi connectivity index (χ2v) is 3.98. The van der Waals surface area contributed by atoms with Crippen LogP contribution in [0.3, 0.4) is 0 Å². The zero-order chi connectivity index (χ0) is 10.0. The lowest BCUT2D eigenvalue weighted by atomic mass is 10.1. The van der Waals surface area contributed by atoms with Crippen molar-refractivity contribution in [3.63, 3.8) is 0 Å². The van der Waals surface area contributed by atoms with Crippen LogP contribution in [0.1, 0.15) is 17.3 Å². The molecule has 1 aromatic rings. The number of hydrogen-bond donors (Lipinski definition) is 0. The summed E-state index contributed by atoms with van der Waals surface area (Å²) in [5.74, 6) is -1.77. The van der Waals surface area contributed by atoms with Gasteiger partial charge in [-0.2, -0.15) is 0 Å². The maximum absolute atomic E-state index is 13.0. The first kappa shape index (κ1) is 10.3. The van der Waals surface area contributed by atoms with Crippen molar-refractivity contribution in [1.29, 1.82) is 0 Å². The molecule has 0 fully saturated rings. The van der Waals surface area contributed by atoms with Crippen LogP contribution in [0, 0.1) is 11.6 Å². The third-order valence-electron chi connectivity index (χ3n) is 1.56. The van der Waals surface area contributed by atoms with Crippen LogP contribution in [0.15, 0.2) is 18.2 Å². The predicted molar refractivity (Wildman–Crippen MR) is 49.1 cm³/mol. The van der Waals surface area contributed by atoms with Crippen LogP contribution in [-0.2, 0) is 0 Å². The number of ketones is 1. The molecule has 0 spiro atoms. The van der Waals surface area contributed by atoms with Gasteiger partial charge in [-0.15, -0.1) is 0 Å². The molecule has 0 aliphatic rings. The number of carbonyl (C=O) groups is 1. The van der Waals surface area contributed by atoms with Gasteiger partial charge in [0.25, 0.3) is 0 Å². The number of alkyl halides is 1. The summed E-state index contributed by atoms with van der Waals surface area (Å²) in [6.07, 6.45) is 0. The van der Waals surface area contributed by atoms with Crippen molar-refractivity contribution in [3.05, 3.63) is 35.4 Å². The Kier molecular flexibility index (Phi) is 3.14. The molecule has 1 atom stereocenters. The van der Waals surface area contributed by atoms with E-state index in [1.165, 1.54) is 0 Å². The van der Waals surface area contributed by atoms with Crippen molar-refractivity contribution in [3.8, 4) is 0 Å². The molecule has 1 aromatic carbocycles. The molecule has 0 aromatic heterocycles. The second-order valence-electron chi connectivity index (χ2n) is 2.60. The summed E-state index contributed by atoms with van der Waals surface area (Å²) >= 11 is 3.00. The van der Waals surface area contributed by atoms with Gasteiger partial charge in [-0.1, -0.05) is 15.9 Å². The minimum atomic E-state index is -0.697. The maximum atomic E-state index is 13.0. The summed E-state index contributed by atoms with van der Waals surface area (Å²) in [5.41, 5.74) is -0.218. The Labute approximate surface area is 82.9 Å². The van der Waals surface area contributed by atoms with Crippen LogP contribution in [-0.4, -0.2) is 10.6 Å². The van der Waals surface area contributed by atoms with Gasteiger partial charge in [0.2, 0.25) is 0 Å². The van der Waals surface area contributed by atoms with Gasteiger partial charge in [0.15, 0.2) is 5.78 Å². The Hall–Kier alpha value is -0.770. The van der Waals surface area contributed by atoms with Crippen molar-refractivity contribution >= 4 is 21.7 Å². The molecule has 0 amide bonds. The van der Waals surface area contributed by atoms with E-state index in [-0.39, 0.29) is 5.56 Å². The zero-order valence-electron chi connectivity index (χ0n) is 6.85. The van der Waals surface area contributed by atoms with Gasteiger partial charge < -0.3 is 0 Å². The zero-order valence-corrected chi connectivity index (χ0v) is 8.44. The molecule has 1 rings (SSSR count). The minimum Gasteiger partial charge on any atom is -0.293 e. The van der Waals surface area contributed by atoms with Gasteiger partial charge in [0, 0.05) is 0 Å². The van der Waals surface area contributed by atoms with E-state index in [1.54, 1.807) is 6.92 Å². The van der Waals surface area contributed by atoms with E-state index in [0.717, 1.165) is 18.2 Å². The molecule has 1 nitrogen and oxygen atoms in total. The van der Waals surface area contributed by atoms with Gasteiger partial charge in [-0.25, -0.2) is 8.78 Å². The SMILES string of the molecule is CC(Br)C(=O)c1cc(F)ccc1F. The molecule has 0 radical (unpaired) electrons. The van der Waals surface area contributed by atoms with Crippen LogP contribution >= 0.6 is 15.9 Å². The number of Topliss-reactive ketones (excluding diaryl/α,β-unsaturated/α-hetero) is 1. The average Bonchev–Trinajstić information content (AvgIpc) is 2.08. The van der Waals surface area contributed by atoms with E-state index in [9.17, 15) is 13.6 Å². The molecule has 4 heteroatoms. The third kappa shape index (κ3) is 2.34. The number of benzene rings is 1. The van der Waals surface area contributed by atoms with Crippen molar-refractivity contribution in [2.24, 2.45) is 0 Å². The molecule has 0 heterocycles. The van der Waals surface area contributed by atoms with Crippen LogP contribution in [0.2, 0.25) is 0 Å². The summed E-state index contributed by atoms with van der Waals surface area (Å²) in [6.45, 7) is 1.56. The summed E-state index contributed by atoms with van der Waals surface area (Å²) in [7, 11) is 0. The fourth-order valence-corrected chi connectivity index (χ4v) is 1.15. The smallest absolute Gasteiger partial charge is 0.179 e. The number of carbonyl (C=O) groups excluding carboxylic acids is 1. The fraction of sp³-hybridized carbons (Fsp3) is 0.222. The predicted octanol–water partition coefficient (Wildman–Crippen LogP) is 2.93. The molecule has 0 saturated heterocycles. The van der Waals surface area contributed by atoms with E-state index in [2.05, 4.69) is 15.9 Å². The monoisotopic (exact) mass is 248 g/mol. The number of halogens is 3. The lowest BCUT2D eigenvalue weighted by Gasteiger charge is -2.03. The maximum Gasteiger partial charge on any atom is 0.179 e. The number of hydrogen-bond acceptors (Lipinski definition) is 1. The first-order chi connectivity index (χ1) is 6.02. The third-order valence-corrected chi connectivity index (χ3v) is 1.97. The van der Waals surface area contributed by atoms with E-state index >= 15 is 0 Å². The highest BCUT2D eigenvalue weighted by Gasteiger charge is 2.16. The van der Waals surface area contributed by atoms with E-state index in [0.29, 0.717) is 0 Å². The van der Waals surface area contributed by atoms with Gasteiger partial charge >= 0.3 is 0 Å². The highest BCUT2D eigenvalue weighted by Crippen LogP contribution is 2.14. The summed E-state index contributed by atoms with van der Waals surface area (Å²) in [5, 5.41) is 0. The Morgan fingerprint density at radius 3 is 2.62 bits per heavy atom. The molecule has 0 aliphatic heterocycles. The highest BCUT2D eigenvalue weighted by molar-refractivity contribution is 9.10. The van der Waals surface area contributed by atoms with Gasteiger partial charge in [-0.05, 0) is 25.1 Å². The first-order valence-electron chi connectivity index (χ1n) is 3.65. The topological polar surface area (TPSA) is 17.1 Å². The Morgan fingerprint density at radius 1 is 1.46 bits per heavy atom. The Morgan fingerprint density at radius 2 is 2.08 bits per heavy atom. The second kappa shape index (κ2) is 3.96. The van der Waals surface area contributed by atoms with Crippen molar-refractivity contribution in [2.45, 2.75) is 11.8 Å². The Balaban J connectivity index is 3.13. The summed E-state index contributed by atoms with van der Waals surface area (Å²) < 4.78 is 25.6. The minimum absolute atomic E-state index is 0.218. The van der Waals surface area contributed by atoms with Crippen molar-refractivity contribution in [2.75, 3.05) is 0 Å². The quantitative estimate of drug-likeness (QED) is 0.581. The molecule has 70 valence electrons. The van der Waals surface area contributed by atoms with Gasteiger partial charge in [0.1, 0.15) is 11.6 Å². The molecule has 13 heavy (non-hydrogen) atoms. The van der Waals surface area contributed by atoms with E-state index in [1.807, 2.05) is 0 Å². The molecule has 0 aliphatic carbocycles. The standard InChI is InChI=1S/C9H7BrF2O/c1-5(10)9(13)7-4-6(11)2-3-8(7)12/h2-5H,1H3. The summed E-state index contributed by atoms with van der Waals surface area (Å²) in [6, 6.07) is 2.82. The van der Waals surface area contributed by atoms with Gasteiger partial charge in [0.05, 0.1) is 10.4 Å². The Bertz CT molecular complexity index is 336. The number of rotatable bonds is 2. The van der Waals surface area contributed by atoms with Crippen LogP contribution in [0.5, 0.6) is 0 Å². The van der Waals surface area contributed by atoms with E-state index < -0.39 is 22.2 Å². The normalized spacial score (nSPS) is 12.6. The fourth-order valence-electron chi connectivity index (χ4n) is 0.901. The molecule has 0 saturated carbocycles. The van der Waals surface area contributed by atoms with Gasteiger partial charge in [-0.3, -0.25) is 4.79 Å². The summed E-state index contributed by atoms with van der Waals surface area (Å²) in [4.78, 5) is 10.8. The molecular formula is C9H7BrF2O. The van der Waals surface area contributed by atoms with Crippen LogP contribution in [0.4, 0.5) is 8.78 Å². The molecule has 1 unspecified atom stereocenters. The average molecular weight is 249 g/mol. The van der Waals surface area contributed by atoms with E-state index in [4.69, 9.17) is 0 Å². The highest BCUT2D eigenvalue weighted by atomic mass is 79.9. The lowest BCUT2D eigenvalue weighted by molar-refractivity contribution is 0.0991. The largest absolute Gasteiger partial charge is 0.293 e. The molecular weight excluding hydrogens is 242 g/mol. The lowest BCUT2D eigenvalue weighted by Crippen LogP contribution is -2.12. The van der Waals surface area contributed by atoms with Crippen LogP contribution in [0.25, 0.3) is 0 Å².